The van der Waals surface area contributed by atoms with Gasteiger partial charge < -0.3 is 14.8 Å². The van der Waals surface area contributed by atoms with Gasteiger partial charge in [0.25, 0.3) is 0 Å². The van der Waals surface area contributed by atoms with Gasteiger partial charge in [-0.1, -0.05) is 24.6 Å². The smallest absolute Gasteiger partial charge is 0.238 e. The van der Waals surface area contributed by atoms with Crippen molar-refractivity contribution in [3.05, 3.63) is 29.3 Å². The van der Waals surface area contributed by atoms with Crippen molar-refractivity contribution in [2.24, 2.45) is 0 Å². The molecule has 2 aliphatic rings. The van der Waals surface area contributed by atoms with Gasteiger partial charge in [0.15, 0.2) is 6.29 Å². The van der Waals surface area contributed by atoms with E-state index in [4.69, 9.17) is 9.47 Å². The molecule has 5 nitrogen and oxygen atoms in total. The number of amides is 1. The Kier molecular flexibility index (Phi) is 5.30. The largest absolute Gasteiger partial charge is 0.349 e. The Bertz CT molecular complexity index is 535. The second-order valence-electron chi connectivity index (χ2n) is 6.46. The van der Waals surface area contributed by atoms with Crippen molar-refractivity contribution >= 4 is 11.6 Å². The number of anilines is 1. The van der Waals surface area contributed by atoms with E-state index in [0.29, 0.717) is 19.8 Å². The van der Waals surface area contributed by atoms with Crippen molar-refractivity contribution in [2.75, 3.05) is 31.6 Å². The van der Waals surface area contributed by atoms with E-state index >= 15 is 0 Å². The van der Waals surface area contributed by atoms with Crippen LogP contribution >= 0.6 is 0 Å². The highest BCUT2D eigenvalue weighted by Crippen LogP contribution is 2.25. The van der Waals surface area contributed by atoms with Crippen LogP contribution in [0.15, 0.2) is 18.2 Å². The van der Waals surface area contributed by atoms with Crippen LogP contribution in [0.2, 0.25) is 0 Å². The number of carbonyl (C=O) groups is 1. The SMILES string of the molecule is Cc1cccc(C)c1NC(=O)CN1CCCCC1C1OCCO1. The number of benzene rings is 1. The summed E-state index contributed by atoms with van der Waals surface area (Å²) in [5, 5.41) is 3.07. The Morgan fingerprint density at radius 2 is 1.91 bits per heavy atom. The molecule has 2 saturated heterocycles. The lowest BCUT2D eigenvalue weighted by Gasteiger charge is -2.37. The maximum atomic E-state index is 12.5. The normalized spacial score (nSPS) is 23.1. The molecule has 0 aliphatic carbocycles. The van der Waals surface area contributed by atoms with E-state index in [1.165, 1.54) is 6.42 Å². The molecule has 1 atom stereocenters. The standard InChI is InChI=1S/C18H26N2O3/c1-13-6-5-7-14(2)17(13)19-16(21)12-20-9-4-3-8-15(20)18-22-10-11-23-18/h5-7,15,18H,3-4,8-12H2,1-2H3,(H,19,21). The highest BCUT2D eigenvalue weighted by molar-refractivity contribution is 5.93. The summed E-state index contributed by atoms with van der Waals surface area (Å²) in [6.45, 7) is 6.67. The number of carbonyl (C=O) groups excluding carboxylic acids is 1. The lowest BCUT2D eigenvalue weighted by Crippen LogP contribution is -2.50. The Hall–Kier alpha value is -1.43. The molecule has 2 fully saturated rings. The van der Waals surface area contributed by atoms with Crippen LogP contribution in [0, 0.1) is 13.8 Å². The molecule has 126 valence electrons. The first kappa shape index (κ1) is 16.4. The summed E-state index contributed by atoms with van der Waals surface area (Å²) in [7, 11) is 0. The average Bonchev–Trinajstić information content (AvgIpc) is 3.06. The number of nitrogens with zero attached hydrogens (tertiary/aromatic N) is 1. The number of likely N-dealkylation sites (tertiary alicyclic amines) is 1. The number of hydrogen-bond donors (Lipinski definition) is 1. The van der Waals surface area contributed by atoms with Gasteiger partial charge in [-0.3, -0.25) is 9.69 Å². The molecule has 23 heavy (non-hydrogen) atoms. The summed E-state index contributed by atoms with van der Waals surface area (Å²) >= 11 is 0. The lowest BCUT2D eigenvalue weighted by molar-refractivity contribution is -0.127. The molecule has 0 saturated carbocycles. The molecule has 5 heteroatoms. The highest BCUT2D eigenvalue weighted by Gasteiger charge is 2.34. The number of hydrogen-bond acceptors (Lipinski definition) is 4. The molecule has 2 aliphatic heterocycles. The number of para-hydroxylation sites is 1. The highest BCUT2D eigenvalue weighted by atomic mass is 16.7. The number of piperidine rings is 1. The van der Waals surface area contributed by atoms with Gasteiger partial charge in [0.1, 0.15) is 0 Å². The van der Waals surface area contributed by atoms with E-state index < -0.39 is 0 Å². The minimum atomic E-state index is -0.178. The van der Waals surface area contributed by atoms with Crippen LogP contribution in [0.3, 0.4) is 0 Å². The van der Waals surface area contributed by atoms with E-state index in [0.717, 1.165) is 36.2 Å². The third-order valence-corrected chi connectivity index (χ3v) is 4.72. The number of aryl methyl sites for hydroxylation is 2. The number of ether oxygens (including phenoxy) is 2. The Morgan fingerprint density at radius 3 is 2.61 bits per heavy atom. The van der Waals surface area contributed by atoms with Gasteiger partial charge in [0.2, 0.25) is 5.91 Å². The molecule has 1 aromatic carbocycles. The first-order valence-electron chi connectivity index (χ1n) is 8.48. The summed E-state index contributed by atoms with van der Waals surface area (Å²) in [4.78, 5) is 14.7. The van der Waals surface area contributed by atoms with Crippen LogP contribution in [0.1, 0.15) is 30.4 Å². The van der Waals surface area contributed by atoms with Crippen molar-refractivity contribution < 1.29 is 14.3 Å². The van der Waals surface area contributed by atoms with Gasteiger partial charge in [-0.2, -0.15) is 0 Å². The molecule has 1 unspecified atom stereocenters. The fourth-order valence-corrected chi connectivity index (χ4v) is 3.50. The fraction of sp³-hybridized carbons (Fsp3) is 0.611. The third kappa shape index (κ3) is 3.91. The molecule has 0 radical (unpaired) electrons. The Balaban J connectivity index is 1.63. The van der Waals surface area contributed by atoms with Gasteiger partial charge in [-0.15, -0.1) is 0 Å². The maximum absolute atomic E-state index is 12.5. The van der Waals surface area contributed by atoms with E-state index in [1.807, 2.05) is 32.0 Å². The quantitative estimate of drug-likeness (QED) is 0.926. The van der Waals surface area contributed by atoms with Gasteiger partial charge in [0.05, 0.1) is 25.8 Å². The van der Waals surface area contributed by atoms with Crippen molar-refractivity contribution in [1.29, 1.82) is 0 Å². The van der Waals surface area contributed by atoms with Gasteiger partial charge in [0, 0.05) is 5.69 Å². The molecule has 0 spiro atoms. The van der Waals surface area contributed by atoms with Crippen LogP contribution in [0.4, 0.5) is 5.69 Å². The third-order valence-electron chi connectivity index (χ3n) is 4.72. The molecule has 3 rings (SSSR count). The topological polar surface area (TPSA) is 50.8 Å². The molecule has 0 bridgehead atoms. The van der Waals surface area contributed by atoms with Crippen LogP contribution in [0.5, 0.6) is 0 Å². The minimum absolute atomic E-state index is 0.0345. The lowest BCUT2D eigenvalue weighted by atomic mass is 10.0. The van der Waals surface area contributed by atoms with Crippen molar-refractivity contribution in [2.45, 2.75) is 45.4 Å². The zero-order valence-electron chi connectivity index (χ0n) is 14.0. The van der Waals surface area contributed by atoms with Crippen molar-refractivity contribution in [3.8, 4) is 0 Å². The van der Waals surface area contributed by atoms with Crippen LogP contribution < -0.4 is 5.32 Å². The second-order valence-corrected chi connectivity index (χ2v) is 6.46. The second kappa shape index (κ2) is 7.43. The Labute approximate surface area is 137 Å². The van der Waals surface area contributed by atoms with Gasteiger partial charge in [-0.25, -0.2) is 0 Å². The summed E-state index contributed by atoms with van der Waals surface area (Å²) in [6.07, 6.45) is 3.15. The van der Waals surface area contributed by atoms with Crippen LogP contribution in [0.25, 0.3) is 0 Å². The summed E-state index contributed by atoms with van der Waals surface area (Å²) in [6, 6.07) is 6.24. The maximum Gasteiger partial charge on any atom is 0.238 e. The zero-order chi connectivity index (χ0) is 16.2. The molecule has 0 aromatic heterocycles. The monoisotopic (exact) mass is 318 g/mol. The predicted molar refractivity (Wildman–Crippen MR) is 89.4 cm³/mol. The number of rotatable bonds is 4. The van der Waals surface area contributed by atoms with Gasteiger partial charge >= 0.3 is 0 Å². The first-order chi connectivity index (χ1) is 11.1. The van der Waals surface area contributed by atoms with E-state index in [2.05, 4.69) is 10.2 Å². The fourth-order valence-electron chi connectivity index (χ4n) is 3.50. The summed E-state index contributed by atoms with van der Waals surface area (Å²) in [5.74, 6) is 0.0345. The number of nitrogens with one attached hydrogen (secondary N) is 1. The first-order valence-corrected chi connectivity index (χ1v) is 8.48. The average molecular weight is 318 g/mol. The van der Waals surface area contributed by atoms with E-state index in [1.54, 1.807) is 0 Å². The summed E-state index contributed by atoms with van der Waals surface area (Å²) in [5.41, 5.74) is 3.12. The van der Waals surface area contributed by atoms with Crippen molar-refractivity contribution in [1.82, 2.24) is 4.90 Å². The minimum Gasteiger partial charge on any atom is -0.349 e. The molecule has 2 heterocycles. The van der Waals surface area contributed by atoms with Gasteiger partial charge in [-0.05, 0) is 44.4 Å². The molecule has 1 amide bonds. The predicted octanol–water partition coefficient (Wildman–Crippen LogP) is 2.47. The molecular weight excluding hydrogens is 292 g/mol. The van der Waals surface area contributed by atoms with Crippen LogP contribution in [-0.4, -0.2) is 49.4 Å². The Morgan fingerprint density at radius 1 is 1.22 bits per heavy atom. The van der Waals surface area contributed by atoms with Crippen LogP contribution in [-0.2, 0) is 14.3 Å². The molecule has 1 N–H and O–H groups in total. The molecule has 1 aromatic rings. The summed E-state index contributed by atoms with van der Waals surface area (Å²) < 4.78 is 11.3. The van der Waals surface area contributed by atoms with E-state index in [-0.39, 0.29) is 18.2 Å². The van der Waals surface area contributed by atoms with E-state index in [9.17, 15) is 4.79 Å². The molecular formula is C18H26N2O3. The zero-order valence-corrected chi connectivity index (χ0v) is 14.0. The van der Waals surface area contributed by atoms with Crippen molar-refractivity contribution in [3.63, 3.8) is 0 Å².